The van der Waals surface area contributed by atoms with Gasteiger partial charge in [-0.2, -0.15) is 0 Å². The molecule has 0 radical (unpaired) electrons. The van der Waals surface area contributed by atoms with E-state index >= 15 is 0 Å². The van der Waals surface area contributed by atoms with E-state index in [1.807, 2.05) is 4.90 Å². The first-order valence-electron chi connectivity index (χ1n) is 8.81. The largest absolute Gasteiger partial charge is 0.391 e. The molecular formula is C17H34N2O2. The van der Waals surface area contributed by atoms with Crippen molar-refractivity contribution in [2.75, 3.05) is 6.54 Å². The predicted molar refractivity (Wildman–Crippen MR) is 87.4 cm³/mol. The fraction of sp³-hybridized carbons (Fsp3) is 0.941. The maximum atomic E-state index is 12.4. The molecule has 0 saturated heterocycles. The highest BCUT2D eigenvalue weighted by molar-refractivity contribution is 5.74. The summed E-state index contributed by atoms with van der Waals surface area (Å²) >= 11 is 0. The summed E-state index contributed by atoms with van der Waals surface area (Å²) in [6.45, 7) is 7.14. The van der Waals surface area contributed by atoms with Crippen molar-refractivity contribution in [1.82, 2.24) is 10.2 Å². The van der Waals surface area contributed by atoms with Crippen LogP contribution in [0.15, 0.2) is 0 Å². The summed E-state index contributed by atoms with van der Waals surface area (Å²) in [5, 5.41) is 13.0. The summed E-state index contributed by atoms with van der Waals surface area (Å²) in [6, 6.07) is 0.135. The Hall–Kier alpha value is -0.770. The number of aliphatic hydroxyl groups excluding tert-OH is 1. The van der Waals surface area contributed by atoms with Gasteiger partial charge in [-0.1, -0.05) is 45.4 Å². The van der Waals surface area contributed by atoms with Crippen LogP contribution in [-0.4, -0.2) is 40.8 Å². The second-order valence-corrected chi connectivity index (χ2v) is 6.61. The summed E-state index contributed by atoms with van der Waals surface area (Å²) in [6.07, 6.45) is 9.54. The van der Waals surface area contributed by atoms with Crippen molar-refractivity contribution in [2.24, 2.45) is 0 Å². The number of aliphatic hydroxyl groups is 1. The lowest BCUT2D eigenvalue weighted by molar-refractivity contribution is 0.0880. The highest BCUT2D eigenvalue weighted by Crippen LogP contribution is 2.19. The van der Waals surface area contributed by atoms with Crippen LogP contribution in [0.25, 0.3) is 0 Å². The molecule has 0 heterocycles. The van der Waals surface area contributed by atoms with E-state index in [1.54, 1.807) is 0 Å². The van der Waals surface area contributed by atoms with Crippen molar-refractivity contribution in [3.63, 3.8) is 0 Å². The Morgan fingerprint density at radius 2 is 1.86 bits per heavy atom. The van der Waals surface area contributed by atoms with Gasteiger partial charge < -0.3 is 15.3 Å². The monoisotopic (exact) mass is 298 g/mol. The van der Waals surface area contributed by atoms with Crippen molar-refractivity contribution in [2.45, 2.75) is 96.7 Å². The van der Waals surface area contributed by atoms with Gasteiger partial charge in [-0.05, 0) is 33.1 Å². The molecule has 4 heteroatoms. The van der Waals surface area contributed by atoms with Crippen LogP contribution in [0, 0.1) is 0 Å². The van der Waals surface area contributed by atoms with Gasteiger partial charge in [-0.15, -0.1) is 0 Å². The van der Waals surface area contributed by atoms with E-state index in [2.05, 4.69) is 26.1 Å². The minimum Gasteiger partial charge on any atom is -0.391 e. The maximum Gasteiger partial charge on any atom is 0.317 e. The zero-order valence-electron chi connectivity index (χ0n) is 14.1. The Kier molecular flexibility index (Phi) is 8.74. The molecule has 2 atom stereocenters. The smallest absolute Gasteiger partial charge is 0.317 e. The normalized spacial score (nSPS) is 22.3. The highest BCUT2D eigenvalue weighted by Gasteiger charge is 2.26. The predicted octanol–water partition coefficient (Wildman–Crippen LogP) is 3.68. The van der Waals surface area contributed by atoms with Crippen LogP contribution < -0.4 is 5.32 Å². The first kappa shape index (κ1) is 18.3. The summed E-state index contributed by atoms with van der Waals surface area (Å²) in [5.74, 6) is 0. The van der Waals surface area contributed by atoms with Crippen molar-refractivity contribution >= 4 is 6.03 Å². The van der Waals surface area contributed by atoms with Gasteiger partial charge in [0.2, 0.25) is 0 Å². The summed E-state index contributed by atoms with van der Waals surface area (Å²) in [7, 11) is 0. The lowest BCUT2D eigenvalue weighted by Crippen LogP contribution is -2.52. The van der Waals surface area contributed by atoms with Crippen LogP contribution in [0.2, 0.25) is 0 Å². The molecule has 1 aliphatic rings. The van der Waals surface area contributed by atoms with Gasteiger partial charge in [0.05, 0.1) is 12.1 Å². The molecule has 1 fully saturated rings. The Labute approximate surface area is 130 Å². The van der Waals surface area contributed by atoms with Gasteiger partial charge in [0.25, 0.3) is 0 Å². The van der Waals surface area contributed by atoms with Gasteiger partial charge in [0, 0.05) is 12.6 Å². The second kappa shape index (κ2) is 10.0. The molecule has 0 aromatic carbocycles. The van der Waals surface area contributed by atoms with Crippen LogP contribution in [0.4, 0.5) is 4.79 Å². The fourth-order valence-electron chi connectivity index (χ4n) is 3.00. The number of carbonyl (C=O) groups is 1. The van der Waals surface area contributed by atoms with Crippen LogP contribution >= 0.6 is 0 Å². The molecular weight excluding hydrogens is 264 g/mol. The molecule has 0 aliphatic heterocycles. The lowest BCUT2D eigenvalue weighted by atomic mass is 9.93. The van der Waals surface area contributed by atoms with E-state index in [0.717, 1.165) is 38.6 Å². The van der Waals surface area contributed by atoms with E-state index in [-0.39, 0.29) is 24.2 Å². The molecule has 1 rings (SSSR count). The number of urea groups is 1. The van der Waals surface area contributed by atoms with Crippen LogP contribution in [0.3, 0.4) is 0 Å². The molecule has 0 spiro atoms. The molecule has 4 nitrogen and oxygen atoms in total. The van der Waals surface area contributed by atoms with E-state index in [1.165, 1.54) is 25.7 Å². The van der Waals surface area contributed by atoms with Crippen molar-refractivity contribution < 1.29 is 9.90 Å². The number of rotatable bonds is 8. The minimum atomic E-state index is -0.374. The second-order valence-electron chi connectivity index (χ2n) is 6.61. The zero-order chi connectivity index (χ0) is 15.7. The molecule has 1 aliphatic carbocycles. The van der Waals surface area contributed by atoms with Gasteiger partial charge in [0.1, 0.15) is 0 Å². The summed E-state index contributed by atoms with van der Waals surface area (Å²) < 4.78 is 0. The first-order chi connectivity index (χ1) is 10.1. The zero-order valence-corrected chi connectivity index (χ0v) is 14.1. The summed E-state index contributed by atoms with van der Waals surface area (Å²) in [4.78, 5) is 14.3. The molecule has 1 saturated carbocycles. The topological polar surface area (TPSA) is 52.6 Å². The van der Waals surface area contributed by atoms with E-state index in [9.17, 15) is 9.90 Å². The SMILES string of the molecule is CCCCCCCN(C(=O)NC1CCCCC1O)C(C)C. The van der Waals surface area contributed by atoms with Gasteiger partial charge in [-0.3, -0.25) is 0 Å². The minimum absolute atomic E-state index is 0.00792. The van der Waals surface area contributed by atoms with E-state index < -0.39 is 0 Å². The quantitative estimate of drug-likeness (QED) is 0.672. The van der Waals surface area contributed by atoms with Crippen molar-refractivity contribution in [3.8, 4) is 0 Å². The first-order valence-corrected chi connectivity index (χ1v) is 8.81. The molecule has 21 heavy (non-hydrogen) atoms. The molecule has 2 amide bonds. The average Bonchev–Trinajstić information content (AvgIpc) is 2.44. The third-order valence-electron chi connectivity index (χ3n) is 4.43. The van der Waals surface area contributed by atoms with E-state index in [4.69, 9.17) is 0 Å². The van der Waals surface area contributed by atoms with Gasteiger partial charge >= 0.3 is 6.03 Å². The highest BCUT2D eigenvalue weighted by atomic mass is 16.3. The van der Waals surface area contributed by atoms with Crippen LogP contribution in [0.1, 0.15) is 78.6 Å². The van der Waals surface area contributed by atoms with Crippen LogP contribution in [-0.2, 0) is 0 Å². The summed E-state index contributed by atoms with van der Waals surface area (Å²) in [5.41, 5.74) is 0. The van der Waals surface area contributed by atoms with Crippen LogP contribution in [0.5, 0.6) is 0 Å². The number of unbranched alkanes of at least 4 members (excludes halogenated alkanes) is 4. The Morgan fingerprint density at radius 3 is 2.48 bits per heavy atom. The van der Waals surface area contributed by atoms with Gasteiger partial charge in [-0.25, -0.2) is 4.79 Å². The molecule has 124 valence electrons. The number of nitrogens with zero attached hydrogens (tertiary/aromatic N) is 1. The van der Waals surface area contributed by atoms with E-state index in [0.29, 0.717) is 0 Å². The molecule has 2 N–H and O–H groups in total. The van der Waals surface area contributed by atoms with Crippen molar-refractivity contribution in [1.29, 1.82) is 0 Å². The number of nitrogens with one attached hydrogen (secondary N) is 1. The third-order valence-corrected chi connectivity index (χ3v) is 4.43. The number of hydrogen-bond acceptors (Lipinski definition) is 2. The molecule has 2 unspecified atom stereocenters. The van der Waals surface area contributed by atoms with Gasteiger partial charge in [0.15, 0.2) is 0 Å². The average molecular weight is 298 g/mol. The fourth-order valence-corrected chi connectivity index (χ4v) is 3.00. The standard InChI is InChI=1S/C17H34N2O2/c1-4-5-6-7-10-13-19(14(2)3)17(21)18-15-11-8-9-12-16(15)20/h14-16,20H,4-13H2,1-3H3,(H,18,21). The maximum absolute atomic E-state index is 12.4. The number of hydrogen-bond donors (Lipinski definition) is 2. The third kappa shape index (κ3) is 6.68. The lowest BCUT2D eigenvalue weighted by Gasteiger charge is -2.33. The Balaban J connectivity index is 2.37. The molecule has 0 aromatic rings. The molecule has 0 aromatic heterocycles. The Morgan fingerprint density at radius 1 is 1.19 bits per heavy atom. The Bertz CT molecular complexity index is 295. The number of amides is 2. The van der Waals surface area contributed by atoms with Crippen molar-refractivity contribution in [3.05, 3.63) is 0 Å². The molecule has 0 bridgehead atoms. The number of carbonyl (C=O) groups excluding carboxylic acids is 1.